The Balaban J connectivity index is 1.52. The summed E-state index contributed by atoms with van der Waals surface area (Å²) in [5.41, 5.74) is 3.30. The Morgan fingerprint density at radius 2 is 2.12 bits per heavy atom. The van der Waals surface area contributed by atoms with Crippen LogP contribution in [-0.4, -0.2) is 29.1 Å². The van der Waals surface area contributed by atoms with Gasteiger partial charge in [-0.3, -0.25) is 4.90 Å². The quantitative estimate of drug-likeness (QED) is 0.806. The molecule has 0 radical (unpaired) electrons. The number of hydrogen-bond donors (Lipinski definition) is 0. The lowest BCUT2D eigenvalue weighted by molar-refractivity contribution is -0.00687. The molecule has 4 nitrogen and oxygen atoms in total. The standard InChI is InChI=1S/C18H19F2N3OS/c1-12-18(25-11-22-12)17(9-21)23-6-4-14(5-7-23)24-10-13-2-3-15(19)16(20)8-13/h2-3,8,11,14,17H,4-7,10H2,1H3. The number of thiazole rings is 1. The molecule has 2 aromatic rings. The van der Waals surface area contributed by atoms with E-state index in [2.05, 4.69) is 16.0 Å². The maximum Gasteiger partial charge on any atom is 0.159 e. The minimum Gasteiger partial charge on any atom is -0.373 e. The number of hydrogen-bond acceptors (Lipinski definition) is 5. The van der Waals surface area contributed by atoms with Crippen molar-refractivity contribution in [1.29, 1.82) is 5.26 Å². The zero-order valence-corrected chi connectivity index (χ0v) is 14.7. The first-order valence-electron chi connectivity index (χ1n) is 8.17. The van der Waals surface area contributed by atoms with Crippen molar-refractivity contribution in [3.05, 3.63) is 51.5 Å². The van der Waals surface area contributed by atoms with Crippen LogP contribution in [0.5, 0.6) is 0 Å². The van der Waals surface area contributed by atoms with Gasteiger partial charge in [-0.15, -0.1) is 11.3 Å². The molecule has 1 fully saturated rings. The summed E-state index contributed by atoms with van der Waals surface area (Å²) >= 11 is 1.51. The molecule has 1 aliphatic heterocycles. The summed E-state index contributed by atoms with van der Waals surface area (Å²) in [6.07, 6.45) is 1.67. The summed E-state index contributed by atoms with van der Waals surface area (Å²) in [4.78, 5) is 7.38. The van der Waals surface area contributed by atoms with Gasteiger partial charge in [0.1, 0.15) is 6.04 Å². The zero-order chi connectivity index (χ0) is 17.8. The first-order valence-corrected chi connectivity index (χ1v) is 9.05. The average Bonchev–Trinajstić information content (AvgIpc) is 3.04. The Kier molecular flexibility index (Phi) is 5.74. The first-order chi connectivity index (χ1) is 12.1. The molecule has 0 saturated carbocycles. The molecule has 132 valence electrons. The molecule has 1 atom stereocenters. The lowest BCUT2D eigenvalue weighted by Gasteiger charge is -2.34. The fourth-order valence-electron chi connectivity index (χ4n) is 3.02. The predicted molar refractivity (Wildman–Crippen MR) is 90.9 cm³/mol. The second-order valence-corrected chi connectivity index (χ2v) is 7.01. The number of piperidine rings is 1. The monoisotopic (exact) mass is 363 g/mol. The Labute approximate surface area is 149 Å². The van der Waals surface area contributed by atoms with Crippen molar-refractivity contribution in [3.8, 4) is 6.07 Å². The summed E-state index contributed by atoms with van der Waals surface area (Å²) in [7, 11) is 0. The number of aromatic nitrogens is 1. The Hall–Kier alpha value is -1.88. The number of likely N-dealkylation sites (tertiary alicyclic amines) is 1. The number of halogens is 2. The minimum atomic E-state index is -0.854. The van der Waals surface area contributed by atoms with Gasteiger partial charge in [-0.25, -0.2) is 13.8 Å². The van der Waals surface area contributed by atoms with Gasteiger partial charge in [0, 0.05) is 13.1 Å². The highest BCUT2D eigenvalue weighted by atomic mass is 32.1. The van der Waals surface area contributed by atoms with Gasteiger partial charge in [0.25, 0.3) is 0 Å². The van der Waals surface area contributed by atoms with Crippen molar-refractivity contribution >= 4 is 11.3 Å². The third kappa shape index (κ3) is 4.21. The minimum absolute atomic E-state index is 0.0614. The van der Waals surface area contributed by atoms with E-state index in [1.165, 1.54) is 23.5 Å². The van der Waals surface area contributed by atoms with Crippen molar-refractivity contribution in [2.24, 2.45) is 0 Å². The van der Waals surface area contributed by atoms with Gasteiger partial charge in [-0.2, -0.15) is 5.26 Å². The summed E-state index contributed by atoms with van der Waals surface area (Å²) in [5.74, 6) is -1.70. The van der Waals surface area contributed by atoms with Gasteiger partial charge in [-0.05, 0) is 37.5 Å². The Morgan fingerprint density at radius 3 is 2.72 bits per heavy atom. The molecule has 25 heavy (non-hydrogen) atoms. The summed E-state index contributed by atoms with van der Waals surface area (Å²) < 4.78 is 32.0. The van der Waals surface area contributed by atoms with E-state index in [1.54, 1.807) is 5.51 Å². The summed E-state index contributed by atoms with van der Waals surface area (Å²) in [5, 5.41) is 9.53. The van der Waals surface area contributed by atoms with Crippen LogP contribution in [0.1, 0.15) is 35.0 Å². The highest BCUT2D eigenvalue weighted by molar-refractivity contribution is 7.09. The van der Waals surface area contributed by atoms with Crippen LogP contribution in [0.25, 0.3) is 0 Å². The van der Waals surface area contributed by atoms with Crippen LogP contribution in [0.4, 0.5) is 8.78 Å². The molecule has 1 aromatic heterocycles. The van der Waals surface area contributed by atoms with Gasteiger partial charge >= 0.3 is 0 Å². The molecule has 0 N–H and O–H groups in total. The van der Waals surface area contributed by atoms with Crippen LogP contribution in [0.2, 0.25) is 0 Å². The molecule has 1 aromatic carbocycles. The van der Waals surface area contributed by atoms with Gasteiger partial charge < -0.3 is 4.74 Å². The van der Waals surface area contributed by atoms with Crippen LogP contribution in [0, 0.1) is 29.9 Å². The van der Waals surface area contributed by atoms with Crippen molar-refractivity contribution in [1.82, 2.24) is 9.88 Å². The largest absolute Gasteiger partial charge is 0.373 e. The average molecular weight is 363 g/mol. The summed E-state index contributed by atoms with van der Waals surface area (Å²) in [6.45, 7) is 3.71. The van der Waals surface area contributed by atoms with E-state index in [4.69, 9.17) is 4.74 Å². The third-order valence-corrected chi connectivity index (χ3v) is 5.45. The first kappa shape index (κ1) is 17.9. The highest BCUT2D eigenvalue weighted by Crippen LogP contribution is 2.29. The molecule has 7 heteroatoms. The second-order valence-electron chi connectivity index (χ2n) is 6.13. The van der Waals surface area contributed by atoms with Crippen molar-refractivity contribution < 1.29 is 13.5 Å². The van der Waals surface area contributed by atoms with Crippen LogP contribution in [0.3, 0.4) is 0 Å². The van der Waals surface area contributed by atoms with E-state index in [-0.39, 0.29) is 18.8 Å². The molecule has 0 spiro atoms. The molecule has 2 heterocycles. The van der Waals surface area contributed by atoms with E-state index in [1.807, 2.05) is 6.92 Å². The molecule has 0 amide bonds. The molecule has 0 bridgehead atoms. The maximum atomic E-state index is 13.2. The van der Waals surface area contributed by atoms with E-state index in [0.717, 1.165) is 42.6 Å². The van der Waals surface area contributed by atoms with Gasteiger partial charge in [0.15, 0.2) is 11.6 Å². The fraction of sp³-hybridized carbons (Fsp3) is 0.444. The molecule has 1 aliphatic rings. The van der Waals surface area contributed by atoms with E-state index in [9.17, 15) is 14.0 Å². The lowest BCUT2D eigenvalue weighted by atomic mass is 10.0. The second kappa shape index (κ2) is 8.00. The molecule has 1 unspecified atom stereocenters. The topological polar surface area (TPSA) is 49.2 Å². The van der Waals surface area contributed by atoms with Crippen molar-refractivity contribution in [2.75, 3.05) is 13.1 Å². The van der Waals surface area contributed by atoms with E-state index < -0.39 is 11.6 Å². The molecule has 1 saturated heterocycles. The number of benzene rings is 1. The number of aryl methyl sites for hydroxylation is 1. The van der Waals surface area contributed by atoms with Crippen molar-refractivity contribution in [2.45, 2.75) is 38.5 Å². The van der Waals surface area contributed by atoms with Gasteiger partial charge in [0.05, 0.1) is 34.9 Å². The normalized spacial score (nSPS) is 17.4. The number of rotatable bonds is 5. The lowest BCUT2D eigenvalue weighted by Crippen LogP contribution is -2.39. The fourth-order valence-corrected chi connectivity index (χ4v) is 3.90. The molecule has 0 aliphatic carbocycles. The van der Waals surface area contributed by atoms with E-state index in [0.29, 0.717) is 5.56 Å². The van der Waals surface area contributed by atoms with Crippen LogP contribution in [0.15, 0.2) is 23.7 Å². The van der Waals surface area contributed by atoms with Crippen LogP contribution < -0.4 is 0 Å². The van der Waals surface area contributed by atoms with Crippen LogP contribution >= 0.6 is 11.3 Å². The maximum absolute atomic E-state index is 13.2. The highest BCUT2D eigenvalue weighted by Gasteiger charge is 2.28. The smallest absolute Gasteiger partial charge is 0.159 e. The SMILES string of the molecule is Cc1ncsc1C(C#N)N1CCC(OCc2ccc(F)c(F)c2)CC1. The molecular formula is C18H19F2N3OS. The number of nitrogens with zero attached hydrogens (tertiary/aromatic N) is 3. The van der Waals surface area contributed by atoms with E-state index >= 15 is 0 Å². The van der Waals surface area contributed by atoms with Gasteiger partial charge in [0.2, 0.25) is 0 Å². The predicted octanol–water partition coefficient (Wildman–Crippen LogP) is 3.98. The van der Waals surface area contributed by atoms with Crippen LogP contribution in [-0.2, 0) is 11.3 Å². The summed E-state index contributed by atoms with van der Waals surface area (Å²) in [6, 6.07) is 5.93. The third-order valence-electron chi connectivity index (χ3n) is 4.46. The van der Waals surface area contributed by atoms with Crippen molar-refractivity contribution in [3.63, 3.8) is 0 Å². The molecule has 3 rings (SSSR count). The molecular weight excluding hydrogens is 344 g/mol. The Morgan fingerprint density at radius 1 is 1.36 bits per heavy atom. The van der Waals surface area contributed by atoms with Gasteiger partial charge in [-0.1, -0.05) is 6.07 Å². The number of nitriles is 1. The zero-order valence-electron chi connectivity index (χ0n) is 13.9. The Bertz CT molecular complexity index is 766. The number of ether oxygens (including phenoxy) is 1.